The van der Waals surface area contributed by atoms with Gasteiger partial charge in [0.05, 0.1) is 0 Å². The van der Waals surface area contributed by atoms with Crippen LogP contribution in [0.4, 0.5) is 0 Å². The van der Waals surface area contributed by atoms with Gasteiger partial charge in [0.2, 0.25) is 0 Å². The molecule has 0 bridgehead atoms. The van der Waals surface area contributed by atoms with Crippen LogP contribution < -0.4 is 0 Å². The van der Waals surface area contributed by atoms with E-state index in [0.29, 0.717) is 17.5 Å². The number of hydrogen-bond acceptors (Lipinski definition) is 4. The molecule has 10 aromatic rings. The molecule has 0 unspecified atom stereocenters. The number of rotatable bonds is 5. The molecule has 0 radical (unpaired) electrons. The number of nitrogens with zero attached hydrogens (tertiary/aromatic N) is 3. The number of para-hydroxylation sites is 1. The minimum Gasteiger partial charge on any atom is -0.456 e. The smallest absolute Gasteiger partial charge is 0.164 e. The topological polar surface area (TPSA) is 51.8 Å². The number of hydrogen-bond donors (Lipinski definition) is 0. The maximum absolute atomic E-state index is 6.28. The van der Waals surface area contributed by atoms with Crippen molar-refractivity contribution in [3.63, 3.8) is 0 Å². The Labute approximate surface area is 294 Å². The van der Waals surface area contributed by atoms with Crippen LogP contribution in [0.15, 0.2) is 180 Å². The van der Waals surface area contributed by atoms with Gasteiger partial charge in [0, 0.05) is 27.5 Å². The highest BCUT2D eigenvalue weighted by Gasteiger charge is 2.19. The molecular weight excluding hydrogens is 623 g/mol. The lowest BCUT2D eigenvalue weighted by molar-refractivity contribution is 0.669. The van der Waals surface area contributed by atoms with Crippen molar-refractivity contribution in [2.45, 2.75) is 0 Å². The summed E-state index contributed by atoms with van der Waals surface area (Å²) >= 11 is 0. The minimum atomic E-state index is 0.598. The van der Waals surface area contributed by atoms with Crippen LogP contribution in [0.3, 0.4) is 0 Å². The van der Waals surface area contributed by atoms with Gasteiger partial charge >= 0.3 is 0 Å². The lowest BCUT2D eigenvalue weighted by atomic mass is 9.95. The second-order valence-electron chi connectivity index (χ2n) is 12.8. The molecule has 0 aliphatic carbocycles. The number of fused-ring (bicyclic) bond motifs is 5. The van der Waals surface area contributed by atoms with Gasteiger partial charge in [-0.15, -0.1) is 0 Å². The van der Waals surface area contributed by atoms with Crippen molar-refractivity contribution in [1.29, 1.82) is 0 Å². The zero-order valence-electron chi connectivity index (χ0n) is 27.5. The van der Waals surface area contributed by atoms with E-state index in [9.17, 15) is 0 Å². The summed E-state index contributed by atoms with van der Waals surface area (Å²) in [5, 5.41) is 6.61. The quantitative estimate of drug-likeness (QED) is 0.186. The highest BCUT2D eigenvalue weighted by Crippen LogP contribution is 2.38. The fourth-order valence-electron chi connectivity index (χ4n) is 7.21. The molecule has 4 nitrogen and oxygen atoms in total. The predicted molar refractivity (Wildman–Crippen MR) is 209 cm³/mol. The monoisotopic (exact) mass is 651 g/mol. The molecule has 0 amide bonds. The average Bonchev–Trinajstić information content (AvgIpc) is 3.59. The van der Waals surface area contributed by atoms with Crippen LogP contribution in [0.2, 0.25) is 0 Å². The first-order valence-electron chi connectivity index (χ1n) is 17.1. The summed E-state index contributed by atoms with van der Waals surface area (Å²) in [6.45, 7) is 0. The first-order chi connectivity index (χ1) is 25.2. The second-order valence-corrected chi connectivity index (χ2v) is 12.8. The first kappa shape index (κ1) is 29.0. The predicted octanol–water partition coefficient (Wildman–Crippen LogP) is 12.4. The molecule has 0 saturated heterocycles. The fraction of sp³-hybridized carbons (Fsp3) is 0. The van der Waals surface area contributed by atoms with Crippen molar-refractivity contribution in [2.75, 3.05) is 0 Å². The lowest BCUT2D eigenvalue weighted by Crippen LogP contribution is -2.01. The summed E-state index contributed by atoms with van der Waals surface area (Å²) < 4.78 is 6.28. The second kappa shape index (κ2) is 11.9. The van der Waals surface area contributed by atoms with Gasteiger partial charge in [-0.05, 0) is 80.2 Å². The Kier molecular flexibility index (Phi) is 6.78. The molecule has 51 heavy (non-hydrogen) atoms. The fourth-order valence-corrected chi connectivity index (χ4v) is 7.21. The molecule has 0 atom stereocenters. The molecule has 0 aliphatic heterocycles. The van der Waals surface area contributed by atoms with Gasteiger partial charge in [-0.3, -0.25) is 0 Å². The Bertz CT molecular complexity index is 2910. The highest BCUT2D eigenvalue weighted by atomic mass is 16.3. The van der Waals surface area contributed by atoms with Gasteiger partial charge in [0.15, 0.2) is 17.5 Å². The molecule has 10 rings (SSSR count). The van der Waals surface area contributed by atoms with E-state index in [1.165, 1.54) is 16.5 Å². The molecule has 0 spiro atoms. The van der Waals surface area contributed by atoms with E-state index in [-0.39, 0.29) is 0 Å². The van der Waals surface area contributed by atoms with Crippen LogP contribution >= 0.6 is 0 Å². The van der Waals surface area contributed by atoms with E-state index in [1.54, 1.807) is 0 Å². The maximum atomic E-state index is 6.28. The molecule has 8 aromatic carbocycles. The summed E-state index contributed by atoms with van der Waals surface area (Å²) in [7, 11) is 0. The van der Waals surface area contributed by atoms with Crippen LogP contribution in [0.1, 0.15) is 0 Å². The third kappa shape index (κ3) is 5.13. The third-order valence-corrected chi connectivity index (χ3v) is 9.69. The summed E-state index contributed by atoms with van der Waals surface area (Å²) in [5.74, 6) is 1.83. The molecule has 0 N–H and O–H groups in total. The molecular formula is C47H29N3O. The lowest BCUT2D eigenvalue weighted by Gasteiger charge is -2.13. The van der Waals surface area contributed by atoms with Crippen molar-refractivity contribution >= 4 is 43.5 Å². The molecule has 0 fully saturated rings. The number of aromatic nitrogens is 3. The van der Waals surface area contributed by atoms with Crippen molar-refractivity contribution < 1.29 is 4.42 Å². The molecule has 0 aliphatic rings. The summed E-state index contributed by atoms with van der Waals surface area (Å²) in [5.41, 5.74) is 9.05. The standard InChI is InChI=1S/C47H29N3O/c1-3-12-30(13-4-1)32-22-23-34-27-36(25-24-33(34)26-32)45-48-46(37-28-35-16-7-8-17-38(35)41(29-37)31-14-5-2-6-15-31)50-47(49-45)40-19-11-21-43-44(40)39-18-9-10-20-42(39)51-43/h1-29H. The van der Waals surface area contributed by atoms with Crippen molar-refractivity contribution in [3.05, 3.63) is 176 Å². The third-order valence-electron chi connectivity index (χ3n) is 9.69. The molecule has 2 heterocycles. The van der Waals surface area contributed by atoms with Gasteiger partial charge in [-0.2, -0.15) is 0 Å². The van der Waals surface area contributed by atoms with Crippen molar-refractivity contribution in [3.8, 4) is 56.4 Å². The van der Waals surface area contributed by atoms with Crippen molar-refractivity contribution in [2.24, 2.45) is 0 Å². The Balaban J connectivity index is 1.20. The highest BCUT2D eigenvalue weighted by molar-refractivity contribution is 6.12. The van der Waals surface area contributed by atoms with E-state index in [4.69, 9.17) is 19.4 Å². The van der Waals surface area contributed by atoms with Crippen molar-refractivity contribution in [1.82, 2.24) is 15.0 Å². The summed E-state index contributed by atoms with van der Waals surface area (Å²) in [6.07, 6.45) is 0. The zero-order chi connectivity index (χ0) is 33.7. The van der Waals surface area contributed by atoms with Gasteiger partial charge < -0.3 is 4.42 Å². The zero-order valence-corrected chi connectivity index (χ0v) is 27.5. The molecule has 0 saturated carbocycles. The van der Waals surface area contributed by atoms with Gasteiger partial charge in [-0.25, -0.2) is 15.0 Å². The average molecular weight is 652 g/mol. The Morgan fingerprint density at radius 1 is 0.314 bits per heavy atom. The normalized spacial score (nSPS) is 11.5. The largest absolute Gasteiger partial charge is 0.456 e. The van der Waals surface area contributed by atoms with E-state index >= 15 is 0 Å². The summed E-state index contributed by atoms with van der Waals surface area (Å²) in [6, 6.07) is 61.1. The SMILES string of the molecule is c1ccc(-c2ccc3cc(-c4nc(-c5cc(-c6ccccc6)c6ccccc6c5)nc(-c5cccc6oc7ccccc7c56)n4)ccc3c2)cc1. The first-order valence-corrected chi connectivity index (χ1v) is 17.1. The Hall–Kier alpha value is -6.91. The number of benzene rings is 8. The van der Waals surface area contributed by atoms with Gasteiger partial charge in [-0.1, -0.05) is 140 Å². The van der Waals surface area contributed by atoms with Crippen LogP contribution in [0, 0.1) is 0 Å². The number of furan rings is 1. The molecule has 238 valence electrons. The summed E-state index contributed by atoms with van der Waals surface area (Å²) in [4.78, 5) is 15.6. The minimum absolute atomic E-state index is 0.598. The Morgan fingerprint density at radius 2 is 0.902 bits per heavy atom. The van der Waals surface area contributed by atoms with E-state index < -0.39 is 0 Å². The maximum Gasteiger partial charge on any atom is 0.164 e. The van der Waals surface area contributed by atoms with E-state index in [2.05, 4.69) is 133 Å². The molecule has 2 aromatic heterocycles. The molecule has 4 heteroatoms. The van der Waals surface area contributed by atoms with Gasteiger partial charge in [0.25, 0.3) is 0 Å². The van der Waals surface area contributed by atoms with Crippen LogP contribution in [-0.4, -0.2) is 15.0 Å². The van der Waals surface area contributed by atoms with Crippen LogP contribution in [0.5, 0.6) is 0 Å². The van der Waals surface area contributed by atoms with E-state index in [1.807, 2.05) is 42.5 Å². The van der Waals surface area contributed by atoms with Gasteiger partial charge in [0.1, 0.15) is 11.2 Å². The Morgan fingerprint density at radius 3 is 1.71 bits per heavy atom. The van der Waals surface area contributed by atoms with Crippen LogP contribution in [0.25, 0.3) is 99.9 Å². The van der Waals surface area contributed by atoms with E-state index in [0.717, 1.165) is 65.9 Å². The van der Waals surface area contributed by atoms with Crippen LogP contribution in [-0.2, 0) is 0 Å².